The Morgan fingerprint density at radius 2 is 2.41 bits per heavy atom. The van der Waals surface area contributed by atoms with Gasteiger partial charge in [-0.2, -0.15) is 0 Å². The molecule has 5 nitrogen and oxygen atoms in total. The van der Waals surface area contributed by atoms with Gasteiger partial charge in [0.15, 0.2) is 0 Å². The van der Waals surface area contributed by atoms with Crippen molar-refractivity contribution in [1.29, 1.82) is 0 Å². The summed E-state index contributed by atoms with van der Waals surface area (Å²) in [6.07, 6.45) is 2.43. The van der Waals surface area contributed by atoms with Crippen LogP contribution >= 0.6 is 0 Å². The topological polar surface area (TPSA) is 67.6 Å². The first-order chi connectivity index (χ1) is 8.15. The number of carbonyl (C=O) groups excluding carboxylic acids is 1. The molecule has 1 aliphatic heterocycles. The standard InChI is InChI=1S/C12H25N3O2/c1-3-17-11(8-13)7-12(16)14-10-5-4-6-15(2)9-10/h10-11H,3-9,13H2,1-2H3,(H,14,16). The summed E-state index contributed by atoms with van der Waals surface area (Å²) in [4.78, 5) is 14.0. The summed E-state index contributed by atoms with van der Waals surface area (Å²) >= 11 is 0. The second kappa shape index (κ2) is 7.63. The van der Waals surface area contributed by atoms with Crippen LogP contribution in [0.5, 0.6) is 0 Å². The molecule has 17 heavy (non-hydrogen) atoms. The fraction of sp³-hybridized carbons (Fsp3) is 0.917. The van der Waals surface area contributed by atoms with Crippen molar-refractivity contribution in [3.05, 3.63) is 0 Å². The van der Waals surface area contributed by atoms with E-state index in [1.807, 2.05) is 6.92 Å². The second-order valence-electron chi connectivity index (χ2n) is 4.69. The van der Waals surface area contributed by atoms with Gasteiger partial charge in [-0.05, 0) is 33.4 Å². The average Bonchev–Trinajstić information content (AvgIpc) is 2.28. The molecule has 1 saturated heterocycles. The molecule has 1 fully saturated rings. The fourth-order valence-electron chi connectivity index (χ4n) is 2.22. The van der Waals surface area contributed by atoms with Crippen LogP contribution in [0.25, 0.3) is 0 Å². The first-order valence-corrected chi connectivity index (χ1v) is 6.45. The predicted octanol–water partition coefficient (Wildman–Crippen LogP) is -0.0493. The van der Waals surface area contributed by atoms with Gasteiger partial charge in [-0.1, -0.05) is 0 Å². The summed E-state index contributed by atoms with van der Waals surface area (Å²) in [5.41, 5.74) is 5.55. The van der Waals surface area contributed by atoms with E-state index in [0.717, 1.165) is 25.9 Å². The van der Waals surface area contributed by atoms with Crippen LogP contribution in [0, 0.1) is 0 Å². The lowest BCUT2D eigenvalue weighted by Gasteiger charge is -2.30. The summed E-state index contributed by atoms with van der Waals surface area (Å²) in [5.74, 6) is 0.0502. The number of rotatable bonds is 6. The summed E-state index contributed by atoms with van der Waals surface area (Å²) in [5, 5.41) is 3.06. The van der Waals surface area contributed by atoms with E-state index in [2.05, 4.69) is 17.3 Å². The molecule has 100 valence electrons. The van der Waals surface area contributed by atoms with Crippen molar-refractivity contribution in [2.75, 3.05) is 33.3 Å². The lowest BCUT2D eigenvalue weighted by Crippen LogP contribution is -2.47. The number of piperidine rings is 1. The smallest absolute Gasteiger partial charge is 0.222 e. The van der Waals surface area contributed by atoms with Crippen LogP contribution in [-0.4, -0.2) is 56.2 Å². The Labute approximate surface area is 104 Å². The first kappa shape index (κ1) is 14.4. The van der Waals surface area contributed by atoms with Gasteiger partial charge in [0.2, 0.25) is 5.91 Å². The molecule has 5 heteroatoms. The Kier molecular flexibility index (Phi) is 6.47. The van der Waals surface area contributed by atoms with Crippen molar-refractivity contribution >= 4 is 5.91 Å². The van der Waals surface area contributed by atoms with Gasteiger partial charge in [0.25, 0.3) is 0 Å². The Bertz CT molecular complexity index is 236. The van der Waals surface area contributed by atoms with Gasteiger partial charge in [0.05, 0.1) is 12.5 Å². The first-order valence-electron chi connectivity index (χ1n) is 6.45. The Morgan fingerprint density at radius 1 is 1.65 bits per heavy atom. The number of nitrogens with two attached hydrogens (primary N) is 1. The molecule has 1 heterocycles. The SMILES string of the molecule is CCOC(CN)CC(=O)NC1CCCN(C)C1. The zero-order valence-electron chi connectivity index (χ0n) is 10.9. The predicted molar refractivity (Wildman–Crippen MR) is 67.7 cm³/mol. The highest BCUT2D eigenvalue weighted by atomic mass is 16.5. The molecule has 1 amide bonds. The maximum absolute atomic E-state index is 11.8. The maximum Gasteiger partial charge on any atom is 0.222 e. The fourth-order valence-corrected chi connectivity index (χ4v) is 2.22. The molecule has 1 rings (SSSR count). The summed E-state index contributed by atoms with van der Waals surface area (Å²) in [6.45, 7) is 4.97. The van der Waals surface area contributed by atoms with Crippen LogP contribution in [0.2, 0.25) is 0 Å². The average molecular weight is 243 g/mol. The van der Waals surface area contributed by atoms with Crippen molar-refractivity contribution in [2.24, 2.45) is 5.73 Å². The number of amides is 1. The lowest BCUT2D eigenvalue weighted by molar-refractivity contribution is -0.124. The molecular formula is C12H25N3O2. The number of nitrogens with zero attached hydrogens (tertiary/aromatic N) is 1. The summed E-state index contributed by atoms with van der Waals surface area (Å²) < 4.78 is 5.38. The van der Waals surface area contributed by atoms with Crippen LogP contribution in [-0.2, 0) is 9.53 Å². The van der Waals surface area contributed by atoms with Crippen LogP contribution in [0.4, 0.5) is 0 Å². The quantitative estimate of drug-likeness (QED) is 0.686. The summed E-state index contributed by atoms with van der Waals surface area (Å²) in [7, 11) is 2.08. The van der Waals surface area contributed by atoms with Crippen LogP contribution in [0.15, 0.2) is 0 Å². The highest BCUT2D eigenvalue weighted by Gasteiger charge is 2.20. The minimum absolute atomic E-state index is 0.0502. The third-order valence-corrected chi connectivity index (χ3v) is 3.07. The molecule has 0 aromatic carbocycles. The molecule has 2 atom stereocenters. The van der Waals surface area contributed by atoms with Gasteiger partial charge in [0, 0.05) is 25.7 Å². The third-order valence-electron chi connectivity index (χ3n) is 3.07. The highest BCUT2D eigenvalue weighted by Crippen LogP contribution is 2.08. The zero-order valence-corrected chi connectivity index (χ0v) is 10.9. The number of likely N-dealkylation sites (tertiary alicyclic amines) is 1. The van der Waals surface area contributed by atoms with Gasteiger partial charge >= 0.3 is 0 Å². The number of ether oxygens (including phenoxy) is 1. The van der Waals surface area contributed by atoms with Gasteiger partial charge in [-0.15, -0.1) is 0 Å². The molecule has 1 aliphatic rings. The number of nitrogens with one attached hydrogen (secondary N) is 1. The molecule has 3 N–H and O–H groups in total. The monoisotopic (exact) mass is 243 g/mol. The molecule has 2 unspecified atom stereocenters. The van der Waals surface area contributed by atoms with Gasteiger partial charge < -0.3 is 20.7 Å². The van der Waals surface area contributed by atoms with E-state index in [-0.39, 0.29) is 18.1 Å². The van der Waals surface area contributed by atoms with E-state index in [4.69, 9.17) is 10.5 Å². The van der Waals surface area contributed by atoms with Crippen LogP contribution in [0.1, 0.15) is 26.2 Å². The van der Waals surface area contributed by atoms with E-state index < -0.39 is 0 Å². The zero-order chi connectivity index (χ0) is 12.7. The van der Waals surface area contributed by atoms with Crippen molar-refractivity contribution < 1.29 is 9.53 Å². The van der Waals surface area contributed by atoms with Gasteiger partial charge in [-0.25, -0.2) is 0 Å². The Hall–Kier alpha value is -0.650. The molecule has 0 aliphatic carbocycles. The molecule has 0 radical (unpaired) electrons. The normalized spacial score (nSPS) is 23.4. The van der Waals surface area contributed by atoms with E-state index >= 15 is 0 Å². The van der Waals surface area contributed by atoms with Crippen molar-refractivity contribution in [3.8, 4) is 0 Å². The number of likely N-dealkylation sites (N-methyl/N-ethyl adjacent to an activating group) is 1. The maximum atomic E-state index is 11.8. The molecule has 0 aromatic rings. The van der Waals surface area contributed by atoms with Crippen LogP contribution < -0.4 is 11.1 Å². The Balaban J connectivity index is 2.27. The number of carbonyl (C=O) groups is 1. The molecule has 0 aromatic heterocycles. The van der Waals surface area contributed by atoms with Crippen molar-refractivity contribution in [1.82, 2.24) is 10.2 Å². The number of hydrogen-bond donors (Lipinski definition) is 2. The number of hydrogen-bond acceptors (Lipinski definition) is 4. The second-order valence-corrected chi connectivity index (χ2v) is 4.69. The van der Waals surface area contributed by atoms with E-state index in [0.29, 0.717) is 19.6 Å². The van der Waals surface area contributed by atoms with Crippen LogP contribution in [0.3, 0.4) is 0 Å². The molecule has 0 bridgehead atoms. The Morgan fingerprint density at radius 3 is 3.00 bits per heavy atom. The van der Waals surface area contributed by atoms with Crippen molar-refractivity contribution in [3.63, 3.8) is 0 Å². The van der Waals surface area contributed by atoms with Crippen molar-refractivity contribution in [2.45, 2.75) is 38.3 Å². The minimum Gasteiger partial charge on any atom is -0.377 e. The minimum atomic E-state index is -0.152. The van der Waals surface area contributed by atoms with Gasteiger partial charge in [0.1, 0.15) is 0 Å². The van der Waals surface area contributed by atoms with E-state index in [1.165, 1.54) is 0 Å². The molecular weight excluding hydrogens is 218 g/mol. The highest BCUT2D eigenvalue weighted by molar-refractivity contribution is 5.76. The third kappa shape index (κ3) is 5.48. The lowest BCUT2D eigenvalue weighted by atomic mass is 10.1. The summed E-state index contributed by atoms with van der Waals surface area (Å²) in [6, 6.07) is 0.279. The molecule has 0 saturated carbocycles. The van der Waals surface area contributed by atoms with E-state index in [9.17, 15) is 4.79 Å². The largest absolute Gasteiger partial charge is 0.377 e. The van der Waals surface area contributed by atoms with Gasteiger partial charge in [-0.3, -0.25) is 4.79 Å². The molecule has 0 spiro atoms. The van der Waals surface area contributed by atoms with E-state index in [1.54, 1.807) is 0 Å².